The molecule has 0 aliphatic rings. The van der Waals surface area contributed by atoms with Crippen LogP contribution in [0.5, 0.6) is 5.75 Å². The van der Waals surface area contributed by atoms with Gasteiger partial charge in [-0.1, -0.05) is 199 Å². The van der Waals surface area contributed by atoms with Crippen molar-refractivity contribution < 1.29 is 53.6 Å². The molecule has 0 atom stereocenters. The van der Waals surface area contributed by atoms with Crippen LogP contribution in [-0.4, -0.2) is 19.6 Å². The van der Waals surface area contributed by atoms with E-state index in [2.05, 4.69) is 6.07 Å². The first-order valence-electron chi connectivity index (χ1n) is 32.3. The number of pyridine rings is 1. The second-order valence-corrected chi connectivity index (χ2v) is 20.5. The predicted octanol–water partition coefficient (Wildman–Crippen LogP) is 17.0. The summed E-state index contributed by atoms with van der Waals surface area (Å²) in [6.45, 7) is -7.07. The van der Waals surface area contributed by atoms with Gasteiger partial charge in [0.1, 0.15) is 11.6 Å². The van der Waals surface area contributed by atoms with Gasteiger partial charge in [-0.3, -0.25) is 9.55 Å². The third-order valence-electron chi connectivity index (χ3n) is 11.9. The number of phenolic OH excluding ortho intramolecular Hbond substituents is 1. The molecule has 68 heavy (non-hydrogen) atoms. The molecule has 2 aromatic heterocycles. The van der Waals surface area contributed by atoms with E-state index in [1.807, 2.05) is 129 Å². The second kappa shape index (κ2) is 18.4. The van der Waals surface area contributed by atoms with Crippen molar-refractivity contribution in [2.24, 2.45) is 5.41 Å². The van der Waals surface area contributed by atoms with Crippen molar-refractivity contribution in [3.05, 3.63) is 167 Å². The normalized spacial score (nSPS) is 18.3. The molecule has 1 N–H and O–H groups in total. The van der Waals surface area contributed by atoms with Crippen molar-refractivity contribution in [1.82, 2.24) is 14.5 Å². The molecule has 6 aromatic carbocycles. The van der Waals surface area contributed by atoms with E-state index in [0.29, 0.717) is 56.9 Å². The molecule has 0 spiro atoms. The SMILES string of the molecule is [2H]C([2H])([2H])C(c1cc(-c2nc3c(-c4[c-]c(-c5cc(-c6ccc(C([2H])([2H])C(C)(C)C)cc6)ccn5)cc(C(C)(C)C)c4)cccc3n2-c2ccc(C(C)(C)C)cc2-c2ccccc2)c(O)c(C(C([2H])([2H])[2H])(C([2H])([2H])[2H])C([2H])([2H])[2H])c1)(C([2H])([2H])[2H])C([2H])([2H])[2H].[Pt]. The van der Waals surface area contributed by atoms with Crippen LogP contribution >= 0.6 is 0 Å². The van der Waals surface area contributed by atoms with Gasteiger partial charge in [0.2, 0.25) is 0 Å². The van der Waals surface area contributed by atoms with Crippen molar-refractivity contribution in [2.75, 3.05) is 0 Å². The molecule has 0 aliphatic carbocycles. The number of nitrogens with zero attached hydrogens (tertiary/aromatic N) is 3. The van der Waals surface area contributed by atoms with Gasteiger partial charge in [0, 0.05) is 71.5 Å². The number of phenols is 1. The Hall–Kier alpha value is -5.57. The summed E-state index contributed by atoms with van der Waals surface area (Å²) >= 11 is 0. The second-order valence-electron chi connectivity index (χ2n) is 20.5. The van der Waals surface area contributed by atoms with E-state index in [1.165, 1.54) is 4.57 Å². The van der Waals surface area contributed by atoms with Gasteiger partial charge in [-0.2, -0.15) is 0 Å². The van der Waals surface area contributed by atoms with Crippen LogP contribution in [0.1, 0.15) is 159 Å². The molecular formula is C63H70N3OPt-. The van der Waals surface area contributed by atoms with E-state index >= 15 is 0 Å². The molecule has 8 aromatic rings. The van der Waals surface area contributed by atoms with E-state index in [9.17, 15) is 5.11 Å². The summed E-state index contributed by atoms with van der Waals surface area (Å²) in [5.41, 5.74) is -5.90. The van der Waals surface area contributed by atoms with Crippen molar-refractivity contribution >= 4 is 11.0 Å². The molecule has 5 heteroatoms. The largest absolute Gasteiger partial charge is 0.507 e. The van der Waals surface area contributed by atoms with Gasteiger partial charge in [0.25, 0.3) is 0 Å². The van der Waals surface area contributed by atoms with Crippen LogP contribution < -0.4 is 0 Å². The topological polar surface area (TPSA) is 50.9 Å². The van der Waals surface area contributed by atoms with E-state index in [0.717, 1.165) is 22.3 Å². The van der Waals surface area contributed by atoms with Crippen molar-refractivity contribution in [1.29, 1.82) is 0 Å². The summed E-state index contributed by atoms with van der Waals surface area (Å²) in [4.78, 5) is 10.0. The number of imidazole rings is 1. The molecule has 8 rings (SSSR count). The maximum absolute atomic E-state index is 13.1. The number of hydrogen-bond donors (Lipinski definition) is 1. The van der Waals surface area contributed by atoms with Crippen LogP contribution in [0.2, 0.25) is 0 Å². The van der Waals surface area contributed by atoms with E-state index in [1.54, 1.807) is 54.7 Å². The average molecular weight is 1100 g/mol. The molecule has 2 heterocycles. The number of fused-ring (bicyclic) bond motifs is 1. The molecular weight excluding hydrogens is 1010 g/mol. The fourth-order valence-corrected chi connectivity index (χ4v) is 8.32. The van der Waals surface area contributed by atoms with Gasteiger partial charge >= 0.3 is 0 Å². The van der Waals surface area contributed by atoms with Crippen molar-refractivity contribution in [3.8, 4) is 67.5 Å². The Balaban J connectivity index is 0.0000110. The summed E-state index contributed by atoms with van der Waals surface area (Å²) in [7, 11) is 0. The predicted molar refractivity (Wildman–Crippen MR) is 285 cm³/mol. The van der Waals surface area contributed by atoms with Gasteiger partial charge in [-0.15, -0.1) is 29.3 Å². The molecule has 0 aliphatic heterocycles. The smallest absolute Gasteiger partial charge is 0.148 e. The van der Waals surface area contributed by atoms with Crippen LogP contribution in [-0.2, 0) is 49.1 Å². The zero-order valence-corrected chi connectivity index (χ0v) is 42.1. The Morgan fingerprint density at radius 3 is 1.87 bits per heavy atom. The number of benzene rings is 6. The van der Waals surface area contributed by atoms with E-state index in [-0.39, 0.29) is 32.1 Å². The third-order valence-corrected chi connectivity index (χ3v) is 11.9. The standard InChI is InChI=1S/C63H70N3O.Pt/c1-59(2,3)39-40-24-26-41(27-25-40)43-30-31-64-53(35-43)45-32-44(33-47(34-45)61(7,8)9)49-22-19-23-55-56(49)65-58(51-37-48(62(10,11)12)38-52(57(51)67)63(13,14)15)66(55)54-29-28-46(60(4,5)6)36-50(54)42-20-17-16-18-21-42;/h16-31,33-38,67H,39H2,1-15H3;/q-1;/i10D3,11D3,12D3,13D3,14D3,15D3,39D2;. The maximum atomic E-state index is 13.1. The molecule has 0 fully saturated rings. The summed E-state index contributed by atoms with van der Waals surface area (Å²) in [5, 5.41) is 13.1. The van der Waals surface area contributed by atoms with Crippen LogP contribution in [0.15, 0.2) is 134 Å². The third kappa shape index (κ3) is 10.5. The Labute approximate surface area is 449 Å². The van der Waals surface area contributed by atoms with Gasteiger partial charge in [-0.25, -0.2) is 4.98 Å². The minimum absolute atomic E-state index is 0. The molecule has 0 radical (unpaired) electrons. The van der Waals surface area contributed by atoms with Crippen molar-refractivity contribution in [2.45, 2.75) is 131 Å². The Morgan fingerprint density at radius 1 is 0.574 bits per heavy atom. The first-order valence-corrected chi connectivity index (χ1v) is 22.3. The molecule has 354 valence electrons. The van der Waals surface area contributed by atoms with Gasteiger partial charge in [0.05, 0.1) is 22.3 Å². The summed E-state index contributed by atoms with van der Waals surface area (Å²) < 4.78 is 178. The fraction of sp³-hybridized carbons (Fsp3) is 0.333. The average Bonchev–Trinajstić information content (AvgIpc) is 0.802. The molecule has 4 nitrogen and oxygen atoms in total. The molecule has 0 saturated carbocycles. The minimum atomic E-state index is -4.16. The molecule has 0 amide bonds. The van der Waals surface area contributed by atoms with Gasteiger partial charge in [0.15, 0.2) is 0 Å². The summed E-state index contributed by atoms with van der Waals surface area (Å²) in [5.74, 6) is -1.81. The number of aromatic nitrogens is 3. The Bertz CT molecular complexity index is 3820. The van der Waals surface area contributed by atoms with Gasteiger partial charge in [-0.05, 0) is 97.2 Å². The van der Waals surface area contributed by atoms with Crippen LogP contribution in [0, 0.1) is 11.5 Å². The zero-order chi connectivity index (χ0) is 65.2. The van der Waals surface area contributed by atoms with Crippen LogP contribution in [0.4, 0.5) is 0 Å². The van der Waals surface area contributed by atoms with E-state index < -0.39 is 103 Å². The van der Waals surface area contributed by atoms with Crippen LogP contribution in [0.25, 0.3) is 72.7 Å². The number of rotatable bonds is 7. The Morgan fingerprint density at radius 2 is 1.22 bits per heavy atom. The minimum Gasteiger partial charge on any atom is -0.507 e. The molecule has 0 saturated heterocycles. The first-order chi connectivity index (χ1) is 39.5. The number of hydrogen-bond acceptors (Lipinski definition) is 3. The zero-order valence-electron chi connectivity index (χ0n) is 59.8. The summed E-state index contributed by atoms with van der Waals surface area (Å²) in [6, 6.07) is 39.1. The first kappa shape index (κ1) is 30.1. The maximum Gasteiger partial charge on any atom is 0.148 e. The molecule has 0 unspecified atom stereocenters. The summed E-state index contributed by atoms with van der Waals surface area (Å²) in [6.07, 6.45) is 0.0270. The Kier molecular flexibility index (Phi) is 8.15. The van der Waals surface area contributed by atoms with Crippen molar-refractivity contribution in [3.63, 3.8) is 0 Å². The van der Waals surface area contributed by atoms with Crippen LogP contribution in [0.3, 0.4) is 0 Å². The molecule has 0 bridgehead atoms. The van der Waals surface area contributed by atoms with Gasteiger partial charge < -0.3 is 5.11 Å². The fourth-order valence-electron chi connectivity index (χ4n) is 8.32. The quantitative estimate of drug-likeness (QED) is 0.162. The monoisotopic (exact) mass is 1100 g/mol. The number of para-hydroxylation sites is 1. The van der Waals surface area contributed by atoms with E-state index in [4.69, 9.17) is 37.4 Å². The number of aromatic hydroxyl groups is 1.